The van der Waals surface area contributed by atoms with Gasteiger partial charge >= 0.3 is 11.0 Å². The Morgan fingerprint density at radius 1 is 1.00 bits per heavy atom. The van der Waals surface area contributed by atoms with E-state index in [2.05, 4.69) is 20.9 Å². The maximum Gasteiger partial charge on any atom is 0.418 e. The first-order valence-electron chi connectivity index (χ1n) is 12.1. The summed E-state index contributed by atoms with van der Waals surface area (Å²) in [6, 6.07) is 16.8. The highest BCUT2D eigenvalue weighted by atomic mass is 79.9. The quantitative estimate of drug-likeness (QED) is 0.225. The van der Waals surface area contributed by atoms with Gasteiger partial charge in [-0.3, -0.25) is 14.4 Å². The van der Waals surface area contributed by atoms with Crippen LogP contribution in [0.25, 0.3) is 0 Å². The number of alkyl halides is 3. The zero-order valence-corrected chi connectivity index (χ0v) is 24.6. The second-order valence-electron chi connectivity index (χ2n) is 9.37. The van der Waals surface area contributed by atoms with Gasteiger partial charge < -0.3 is 9.72 Å². The van der Waals surface area contributed by atoms with Crippen LogP contribution in [0.4, 0.5) is 18.9 Å². The van der Waals surface area contributed by atoms with Crippen LogP contribution in [-0.4, -0.2) is 22.0 Å². The third kappa shape index (κ3) is 5.11. The van der Waals surface area contributed by atoms with Gasteiger partial charge in [-0.25, -0.2) is 4.90 Å². The molecular formula is C28H17BrClF3N2O4S2. The Morgan fingerprint density at radius 2 is 1.73 bits per heavy atom. The molecule has 1 saturated heterocycles. The molecular weight excluding hydrogens is 665 g/mol. The minimum atomic E-state index is -4.78. The number of anilines is 1. The molecule has 1 N–H and O–H groups in total. The molecule has 3 aromatic carbocycles. The molecule has 2 aliphatic heterocycles. The minimum absolute atomic E-state index is 0.162. The summed E-state index contributed by atoms with van der Waals surface area (Å²) in [5.41, 5.74) is -0.254. The lowest BCUT2D eigenvalue weighted by atomic mass is 9.82. The second kappa shape index (κ2) is 10.6. The largest absolute Gasteiger partial charge is 0.489 e. The molecule has 1 aromatic heterocycles. The highest BCUT2D eigenvalue weighted by molar-refractivity contribution is 9.10. The van der Waals surface area contributed by atoms with E-state index in [9.17, 15) is 27.6 Å². The molecule has 0 bridgehead atoms. The Kier molecular flexibility index (Phi) is 7.29. The molecule has 2 amide bonds. The first kappa shape index (κ1) is 28.1. The first-order chi connectivity index (χ1) is 19.5. The van der Waals surface area contributed by atoms with Gasteiger partial charge in [0.15, 0.2) is 0 Å². The number of nitrogens with one attached hydrogen (secondary N) is 1. The van der Waals surface area contributed by atoms with Gasteiger partial charge in [0.2, 0.25) is 11.8 Å². The summed E-state index contributed by atoms with van der Waals surface area (Å²) in [4.78, 5) is 43.7. The Balaban J connectivity index is 1.46. The molecule has 6 nitrogen and oxygen atoms in total. The van der Waals surface area contributed by atoms with Crippen LogP contribution < -0.4 is 14.5 Å². The number of H-pyrrole nitrogens is 1. The Hall–Kier alpha value is -3.06. The van der Waals surface area contributed by atoms with Gasteiger partial charge in [0.05, 0.1) is 22.2 Å². The van der Waals surface area contributed by atoms with Crippen molar-refractivity contribution in [1.29, 1.82) is 0 Å². The lowest BCUT2D eigenvalue weighted by Crippen LogP contribution is -2.33. The molecule has 0 aliphatic carbocycles. The van der Waals surface area contributed by atoms with Gasteiger partial charge in [-0.1, -0.05) is 74.9 Å². The van der Waals surface area contributed by atoms with E-state index in [1.54, 1.807) is 42.5 Å². The zero-order valence-electron chi connectivity index (χ0n) is 20.6. The molecule has 0 spiro atoms. The van der Waals surface area contributed by atoms with Crippen LogP contribution in [0.15, 0.2) is 81.0 Å². The lowest BCUT2D eigenvalue weighted by molar-refractivity contribution is -0.137. The maximum atomic E-state index is 14.0. The number of hydrogen-bond donors (Lipinski definition) is 1. The molecule has 13 heteroatoms. The van der Waals surface area contributed by atoms with Crippen molar-refractivity contribution in [3.8, 4) is 5.75 Å². The van der Waals surface area contributed by atoms with E-state index in [-0.39, 0.29) is 11.5 Å². The Morgan fingerprint density at radius 3 is 2.46 bits per heavy atom. The molecule has 0 unspecified atom stereocenters. The molecule has 0 radical (unpaired) electrons. The highest BCUT2D eigenvalue weighted by Crippen LogP contribution is 2.55. The van der Waals surface area contributed by atoms with Gasteiger partial charge in [-0.2, -0.15) is 13.2 Å². The lowest BCUT2D eigenvalue weighted by Gasteiger charge is -2.31. The third-order valence-electron chi connectivity index (χ3n) is 6.89. The summed E-state index contributed by atoms with van der Waals surface area (Å²) in [5, 5.41) is -0.0867. The summed E-state index contributed by atoms with van der Waals surface area (Å²) < 4.78 is 48.5. The molecule has 210 valence electrons. The number of imide groups is 1. The van der Waals surface area contributed by atoms with Crippen LogP contribution in [0.3, 0.4) is 0 Å². The van der Waals surface area contributed by atoms with E-state index in [0.29, 0.717) is 35.6 Å². The number of fused-ring (bicyclic) bond motifs is 2. The van der Waals surface area contributed by atoms with Crippen molar-refractivity contribution in [3.63, 3.8) is 0 Å². The average molecular weight is 682 g/mol. The average Bonchev–Trinajstić information content (AvgIpc) is 3.42. The fourth-order valence-corrected chi connectivity index (χ4v) is 8.14. The van der Waals surface area contributed by atoms with E-state index >= 15 is 0 Å². The normalized spacial score (nSPS) is 20.2. The number of benzene rings is 3. The number of hydrogen-bond acceptors (Lipinski definition) is 6. The monoisotopic (exact) mass is 680 g/mol. The van der Waals surface area contributed by atoms with Gasteiger partial charge in [0.1, 0.15) is 17.6 Å². The number of rotatable bonds is 5. The highest BCUT2D eigenvalue weighted by Gasteiger charge is 2.57. The number of amides is 2. The second-order valence-corrected chi connectivity index (χ2v) is 12.9. The van der Waals surface area contributed by atoms with E-state index in [4.69, 9.17) is 16.3 Å². The van der Waals surface area contributed by atoms with Crippen molar-refractivity contribution in [1.82, 2.24) is 4.98 Å². The number of aromatic amines is 1. The number of para-hydroxylation sites is 1. The summed E-state index contributed by atoms with van der Waals surface area (Å²) in [7, 11) is 0. The van der Waals surface area contributed by atoms with Gasteiger partial charge in [-0.15, -0.1) is 0 Å². The summed E-state index contributed by atoms with van der Waals surface area (Å²) in [6.07, 6.45) is -4.78. The number of aromatic nitrogens is 1. The van der Waals surface area contributed by atoms with Crippen LogP contribution in [0.5, 0.6) is 5.75 Å². The number of thioether (sulfide) groups is 1. The number of ether oxygens (including phenoxy) is 1. The molecule has 2 aliphatic rings. The van der Waals surface area contributed by atoms with Gasteiger partial charge in [0, 0.05) is 25.9 Å². The van der Waals surface area contributed by atoms with Gasteiger partial charge in [-0.05, 0) is 48.0 Å². The minimum Gasteiger partial charge on any atom is -0.489 e. The summed E-state index contributed by atoms with van der Waals surface area (Å²) >= 11 is 11.3. The smallest absolute Gasteiger partial charge is 0.418 e. The SMILES string of the molecule is O=C1[C@H]2[C@H](c3cc(Br)ccc3OCc3ccc(Cl)cc3)c3sc(=O)[nH]c3S[C@H]2C(=O)N1c1ccccc1C(F)(F)F. The molecule has 1 fully saturated rings. The predicted octanol–water partition coefficient (Wildman–Crippen LogP) is 7.25. The maximum absolute atomic E-state index is 14.0. The van der Waals surface area contributed by atoms with Crippen LogP contribution in [0, 0.1) is 5.92 Å². The van der Waals surface area contributed by atoms with Crippen LogP contribution in [0.2, 0.25) is 5.02 Å². The number of thiazole rings is 1. The van der Waals surface area contributed by atoms with Crippen LogP contribution >= 0.6 is 50.6 Å². The molecule has 3 atom stereocenters. The first-order valence-corrected chi connectivity index (χ1v) is 15.0. The number of carbonyl (C=O) groups is 2. The summed E-state index contributed by atoms with van der Waals surface area (Å²) in [5.74, 6) is -3.07. The molecule has 41 heavy (non-hydrogen) atoms. The van der Waals surface area contributed by atoms with Crippen molar-refractivity contribution < 1.29 is 27.5 Å². The number of halogens is 5. The van der Waals surface area contributed by atoms with E-state index < -0.39 is 46.3 Å². The number of nitrogens with zero attached hydrogens (tertiary/aromatic N) is 1. The van der Waals surface area contributed by atoms with E-state index in [0.717, 1.165) is 40.8 Å². The third-order valence-corrected chi connectivity index (χ3v) is 10.0. The van der Waals surface area contributed by atoms with Crippen LogP contribution in [0.1, 0.15) is 27.5 Å². The number of carbonyl (C=O) groups excluding carboxylic acids is 2. The van der Waals surface area contributed by atoms with Crippen molar-refractivity contribution in [2.75, 3.05) is 4.90 Å². The summed E-state index contributed by atoms with van der Waals surface area (Å²) in [6.45, 7) is 0.162. The Labute approximate surface area is 252 Å². The fraction of sp³-hybridized carbons (Fsp3) is 0.179. The van der Waals surface area contributed by atoms with Crippen molar-refractivity contribution in [2.24, 2.45) is 5.92 Å². The van der Waals surface area contributed by atoms with Crippen molar-refractivity contribution in [3.05, 3.63) is 107 Å². The predicted molar refractivity (Wildman–Crippen MR) is 154 cm³/mol. The molecule has 0 saturated carbocycles. The molecule has 6 rings (SSSR count). The topological polar surface area (TPSA) is 79.5 Å². The van der Waals surface area contributed by atoms with E-state index in [1.807, 2.05) is 0 Å². The Bertz CT molecular complexity index is 1740. The van der Waals surface area contributed by atoms with Crippen molar-refractivity contribution >= 4 is 68.1 Å². The molecule has 4 aromatic rings. The fourth-order valence-electron chi connectivity index (χ4n) is 5.13. The van der Waals surface area contributed by atoms with Crippen molar-refractivity contribution in [2.45, 2.75) is 29.0 Å². The van der Waals surface area contributed by atoms with Gasteiger partial charge in [0.25, 0.3) is 0 Å². The van der Waals surface area contributed by atoms with E-state index in [1.165, 1.54) is 12.1 Å². The molecule has 3 heterocycles. The standard InChI is InChI=1S/C28H17BrClF3N2O4S2/c29-14-7-10-19(39-12-13-5-8-15(30)9-6-13)16(11-14)20-21-23(40-24-22(20)41-27(38)34-24)26(37)35(25(21)36)18-4-2-1-3-17(18)28(31,32)33/h1-11,20-21,23H,12H2,(H,34,38)/t20-,21-,23+/m0/s1. The zero-order chi connectivity index (χ0) is 29.1. The van der Waals surface area contributed by atoms with Crippen LogP contribution in [-0.2, 0) is 22.4 Å².